The summed E-state index contributed by atoms with van der Waals surface area (Å²) in [4.78, 5) is 16.2. The van der Waals surface area contributed by atoms with Gasteiger partial charge in [0.2, 0.25) is 0 Å². The molecule has 1 atom stereocenters. The van der Waals surface area contributed by atoms with Crippen LogP contribution >= 0.6 is 11.6 Å². The smallest absolute Gasteiger partial charge is 0.339 e. The average Bonchev–Trinajstić information content (AvgIpc) is 2.37. The van der Waals surface area contributed by atoms with Gasteiger partial charge in [-0.25, -0.2) is 9.78 Å². The van der Waals surface area contributed by atoms with E-state index in [1.165, 1.54) is 0 Å². The van der Waals surface area contributed by atoms with Crippen LogP contribution in [0.4, 0.5) is 0 Å². The van der Waals surface area contributed by atoms with Gasteiger partial charge in [-0.15, -0.1) is 0 Å². The lowest BCUT2D eigenvalue weighted by molar-refractivity contribution is 0.0337. The molecule has 0 saturated carbocycles. The Morgan fingerprint density at radius 3 is 2.89 bits per heavy atom. The maximum Gasteiger partial charge on any atom is 0.339 e. The molecule has 0 bridgehead atoms. The molecule has 18 heavy (non-hydrogen) atoms. The first-order valence-corrected chi connectivity index (χ1v) is 6.26. The molecular formula is C14H14ClNO2. The molecule has 0 aliphatic carbocycles. The highest BCUT2D eigenvalue weighted by Crippen LogP contribution is 2.22. The summed E-state index contributed by atoms with van der Waals surface area (Å²) in [6.07, 6.45) is 0.672. The monoisotopic (exact) mass is 263 g/mol. The number of ether oxygens (including phenoxy) is 1. The fraction of sp³-hybridized carbons (Fsp3) is 0.286. The Hall–Kier alpha value is -1.61. The first-order valence-electron chi connectivity index (χ1n) is 5.88. The predicted molar refractivity (Wildman–Crippen MR) is 71.9 cm³/mol. The number of hydrogen-bond acceptors (Lipinski definition) is 3. The second-order valence-corrected chi connectivity index (χ2v) is 4.52. The highest BCUT2D eigenvalue weighted by molar-refractivity contribution is 6.30. The van der Waals surface area contributed by atoms with E-state index in [1.54, 1.807) is 6.07 Å². The molecule has 0 amide bonds. The van der Waals surface area contributed by atoms with E-state index in [2.05, 4.69) is 4.98 Å². The molecule has 0 spiro atoms. The van der Waals surface area contributed by atoms with Crippen molar-refractivity contribution in [3.8, 4) is 0 Å². The average molecular weight is 264 g/mol. The van der Waals surface area contributed by atoms with Crippen LogP contribution in [0.5, 0.6) is 0 Å². The molecule has 1 heterocycles. The van der Waals surface area contributed by atoms with Gasteiger partial charge in [-0.3, -0.25) is 0 Å². The van der Waals surface area contributed by atoms with Crippen molar-refractivity contribution in [3.05, 3.63) is 41.0 Å². The fourth-order valence-electron chi connectivity index (χ4n) is 1.64. The third kappa shape index (κ3) is 2.62. The summed E-state index contributed by atoms with van der Waals surface area (Å²) in [7, 11) is 0. The van der Waals surface area contributed by atoms with Crippen molar-refractivity contribution in [1.82, 2.24) is 4.98 Å². The lowest BCUT2D eigenvalue weighted by Gasteiger charge is -2.12. The van der Waals surface area contributed by atoms with Gasteiger partial charge in [-0.1, -0.05) is 36.7 Å². The summed E-state index contributed by atoms with van der Waals surface area (Å²) >= 11 is 5.92. The van der Waals surface area contributed by atoms with Gasteiger partial charge in [-0.05, 0) is 25.5 Å². The summed E-state index contributed by atoms with van der Waals surface area (Å²) in [5, 5.41) is 1.06. The second-order valence-electron chi connectivity index (χ2n) is 4.13. The van der Waals surface area contributed by atoms with Gasteiger partial charge >= 0.3 is 5.97 Å². The maximum atomic E-state index is 12.1. The van der Waals surface area contributed by atoms with Crippen LogP contribution in [0.25, 0.3) is 10.9 Å². The Morgan fingerprint density at radius 1 is 1.44 bits per heavy atom. The number of carbonyl (C=O) groups is 1. The minimum absolute atomic E-state index is 0.108. The topological polar surface area (TPSA) is 39.2 Å². The van der Waals surface area contributed by atoms with Crippen LogP contribution in [0.3, 0.4) is 0 Å². The molecule has 2 aromatic rings. The zero-order chi connectivity index (χ0) is 13.1. The molecule has 94 valence electrons. The number of hydrogen-bond donors (Lipinski definition) is 0. The molecule has 1 aromatic heterocycles. The van der Waals surface area contributed by atoms with E-state index >= 15 is 0 Å². The third-order valence-electron chi connectivity index (χ3n) is 2.79. The molecule has 1 aromatic carbocycles. The number of pyridine rings is 1. The number of benzene rings is 1. The fourth-order valence-corrected chi connectivity index (χ4v) is 1.84. The molecule has 0 radical (unpaired) electrons. The SMILES string of the molecule is CCC(C)OC(=O)c1cc(Cl)nc2ccccc12. The van der Waals surface area contributed by atoms with Gasteiger partial charge in [0, 0.05) is 5.39 Å². The van der Waals surface area contributed by atoms with Gasteiger partial charge in [0.1, 0.15) is 5.15 Å². The van der Waals surface area contributed by atoms with Crippen LogP contribution in [0.1, 0.15) is 30.6 Å². The quantitative estimate of drug-likeness (QED) is 0.624. The molecule has 2 rings (SSSR count). The first kappa shape index (κ1) is 12.8. The van der Waals surface area contributed by atoms with E-state index in [9.17, 15) is 4.79 Å². The number of carbonyl (C=O) groups excluding carboxylic acids is 1. The van der Waals surface area contributed by atoms with Crippen LogP contribution in [-0.4, -0.2) is 17.1 Å². The normalized spacial score (nSPS) is 12.4. The van der Waals surface area contributed by atoms with Gasteiger partial charge in [0.05, 0.1) is 17.2 Å². The minimum atomic E-state index is -0.357. The van der Waals surface area contributed by atoms with E-state index in [0.717, 1.165) is 11.8 Å². The van der Waals surface area contributed by atoms with Gasteiger partial charge in [0.15, 0.2) is 0 Å². The molecule has 3 nitrogen and oxygen atoms in total. The lowest BCUT2D eigenvalue weighted by atomic mass is 10.1. The molecule has 0 aliphatic rings. The van der Waals surface area contributed by atoms with Gasteiger partial charge in [-0.2, -0.15) is 0 Å². The number of rotatable bonds is 3. The first-order chi connectivity index (χ1) is 8.61. The molecule has 0 fully saturated rings. The molecule has 0 aliphatic heterocycles. The summed E-state index contributed by atoms with van der Waals surface area (Å²) in [5.74, 6) is -0.357. The van der Waals surface area contributed by atoms with Crippen molar-refractivity contribution in [2.45, 2.75) is 26.4 Å². The van der Waals surface area contributed by atoms with Crippen molar-refractivity contribution in [2.24, 2.45) is 0 Å². The molecule has 0 saturated heterocycles. The van der Waals surface area contributed by atoms with Crippen LogP contribution in [0, 0.1) is 0 Å². The number of halogens is 1. The van der Waals surface area contributed by atoms with Crippen LogP contribution < -0.4 is 0 Å². The summed E-state index contributed by atoms with van der Waals surface area (Å²) in [6.45, 7) is 3.83. The Labute approximate surface area is 111 Å². The van der Waals surface area contributed by atoms with E-state index in [0.29, 0.717) is 16.2 Å². The highest BCUT2D eigenvalue weighted by Gasteiger charge is 2.15. The standard InChI is InChI=1S/C14H14ClNO2/c1-3-9(2)18-14(17)11-8-13(15)16-12-7-5-4-6-10(11)12/h4-9H,3H2,1-2H3. The number of esters is 1. The lowest BCUT2D eigenvalue weighted by Crippen LogP contribution is -2.14. The number of nitrogens with zero attached hydrogens (tertiary/aromatic N) is 1. The van der Waals surface area contributed by atoms with Crippen LogP contribution in [0.2, 0.25) is 5.15 Å². The second kappa shape index (κ2) is 5.36. The minimum Gasteiger partial charge on any atom is -0.459 e. The Kier molecular flexibility index (Phi) is 3.82. The van der Waals surface area contributed by atoms with E-state index < -0.39 is 0 Å². The largest absolute Gasteiger partial charge is 0.459 e. The number of para-hydroxylation sites is 1. The highest BCUT2D eigenvalue weighted by atomic mass is 35.5. The van der Waals surface area contributed by atoms with Crippen molar-refractivity contribution in [2.75, 3.05) is 0 Å². The van der Waals surface area contributed by atoms with Crippen molar-refractivity contribution >= 4 is 28.5 Å². The zero-order valence-corrected chi connectivity index (χ0v) is 11.1. The third-order valence-corrected chi connectivity index (χ3v) is 2.98. The summed E-state index contributed by atoms with van der Waals surface area (Å²) < 4.78 is 5.32. The Balaban J connectivity index is 2.46. The van der Waals surface area contributed by atoms with Crippen LogP contribution in [0.15, 0.2) is 30.3 Å². The summed E-state index contributed by atoms with van der Waals surface area (Å²) in [5.41, 5.74) is 1.16. The molecule has 0 N–H and O–H groups in total. The number of aromatic nitrogens is 1. The molecule has 1 unspecified atom stereocenters. The Morgan fingerprint density at radius 2 is 2.17 bits per heavy atom. The maximum absolute atomic E-state index is 12.1. The van der Waals surface area contributed by atoms with Crippen molar-refractivity contribution < 1.29 is 9.53 Å². The van der Waals surface area contributed by atoms with Crippen molar-refractivity contribution in [3.63, 3.8) is 0 Å². The molecular weight excluding hydrogens is 250 g/mol. The van der Waals surface area contributed by atoms with E-state index in [-0.39, 0.29) is 12.1 Å². The van der Waals surface area contributed by atoms with E-state index in [4.69, 9.17) is 16.3 Å². The van der Waals surface area contributed by atoms with Gasteiger partial charge in [0.25, 0.3) is 0 Å². The van der Waals surface area contributed by atoms with Gasteiger partial charge < -0.3 is 4.74 Å². The van der Waals surface area contributed by atoms with Crippen molar-refractivity contribution in [1.29, 1.82) is 0 Å². The molecule has 4 heteroatoms. The van der Waals surface area contributed by atoms with E-state index in [1.807, 2.05) is 38.1 Å². The van der Waals surface area contributed by atoms with Crippen LogP contribution in [-0.2, 0) is 4.74 Å². The predicted octanol–water partition coefficient (Wildman–Crippen LogP) is 3.84. The number of fused-ring (bicyclic) bond motifs is 1. The Bertz CT molecular complexity index is 583. The zero-order valence-electron chi connectivity index (χ0n) is 10.3. The summed E-state index contributed by atoms with van der Waals surface area (Å²) in [6, 6.07) is 8.93.